The fourth-order valence-corrected chi connectivity index (χ4v) is 4.37. The summed E-state index contributed by atoms with van der Waals surface area (Å²) in [5.74, 6) is 0.595. The Bertz CT molecular complexity index is 1050. The van der Waals surface area contributed by atoms with Gasteiger partial charge in [0, 0.05) is 42.5 Å². The Hall–Kier alpha value is -3.06. The summed E-state index contributed by atoms with van der Waals surface area (Å²) in [4.78, 5) is 25.7. The van der Waals surface area contributed by atoms with Crippen molar-refractivity contribution >= 4 is 28.3 Å². The van der Waals surface area contributed by atoms with Crippen LogP contribution < -0.4 is 9.80 Å². The summed E-state index contributed by atoms with van der Waals surface area (Å²) in [5.41, 5.74) is 1.28. The molecule has 1 spiro atoms. The number of amides is 1. The van der Waals surface area contributed by atoms with Crippen molar-refractivity contribution in [3.05, 3.63) is 60.7 Å². The molecule has 3 aromatic rings. The first-order valence-electron chi connectivity index (χ1n) is 9.72. The number of nitrogens with zero attached hydrogens (tertiary/aromatic N) is 4. The molecule has 0 saturated carbocycles. The second-order valence-electron chi connectivity index (χ2n) is 7.82. The lowest BCUT2D eigenvalue weighted by Crippen LogP contribution is -2.41. The van der Waals surface area contributed by atoms with Gasteiger partial charge in [-0.3, -0.25) is 4.79 Å². The number of rotatable bonds is 2. The Balaban J connectivity index is 1.46. The number of ether oxygens (including phenoxy) is 1. The summed E-state index contributed by atoms with van der Waals surface area (Å²) in [6.45, 7) is 2.99. The third-order valence-corrected chi connectivity index (χ3v) is 5.72. The van der Waals surface area contributed by atoms with Gasteiger partial charge in [-0.2, -0.15) is 0 Å². The minimum absolute atomic E-state index is 0.0367. The molecule has 2 aliphatic rings. The van der Waals surface area contributed by atoms with E-state index in [1.165, 1.54) is 12.1 Å². The van der Waals surface area contributed by atoms with Gasteiger partial charge in [0.15, 0.2) is 0 Å². The fourth-order valence-electron chi connectivity index (χ4n) is 4.37. The van der Waals surface area contributed by atoms with Crippen LogP contribution in [0.1, 0.15) is 6.42 Å². The highest BCUT2D eigenvalue weighted by Crippen LogP contribution is 2.38. The molecule has 3 heterocycles. The van der Waals surface area contributed by atoms with E-state index in [0.29, 0.717) is 39.3 Å². The van der Waals surface area contributed by atoms with Gasteiger partial charge in [0.25, 0.3) is 0 Å². The third kappa shape index (κ3) is 3.31. The monoisotopic (exact) mass is 392 g/mol. The molecule has 29 heavy (non-hydrogen) atoms. The van der Waals surface area contributed by atoms with Crippen LogP contribution in [0.3, 0.4) is 0 Å². The van der Waals surface area contributed by atoms with Crippen molar-refractivity contribution in [2.45, 2.75) is 6.42 Å². The van der Waals surface area contributed by atoms with Crippen LogP contribution in [0.25, 0.3) is 10.9 Å². The molecule has 0 bridgehead atoms. The van der Waals surface area contributed by atoms with Crippen molar-refractivity contribution in [3.63, 3.8) is 0 Å². The Morgan fingerprint density at radius 3 is 2.72 bits per heavy atom. The summed E-state index contributed by atoms with van der Waals surface area (Å²) >= 11 is 0. The number of halogens is 1. The summed E-state index contributed by atoms with van der Waals surface area (Å²) in [6.07, 6.45) is 1.98. The standard InChI is InChI=1S/C22H21FN4O2/c23-16-5-7-17(8-6-16)27-13-22(11-20(27)28)12-26(9-10-29-14-22)21-18-3-1-2-4-19(18)24-15-25-21/h1-8,15H,9-14H2. The molecule has 148 valence electrons. The summed E-state index contributed by atoms with van der Waals surface area (Å²) in [5, 5.41) is 0.992. The number of para-hydroxylation sites is 1. The molecule has 2 aliphatic heterocycles. The maximum Gasteiger partial charge on any atom is 0.227 e. The van der Waals surface area contributed by atoms with E-state index in [4.69, 9.17) is 4.74 Å². The second kappa shape index (κ2) is 7.08. The van der Waals surface area contributed by atoms with Gasteiger partial charge >= 0.3 is 0 Å². The molecule has 0 radical (unpaired) electrons. The van der Waals surface area contributed by atoms with Crippen LogP contribution in [0, 0.1) is 11.2 Å². The van der Waals surface area contributed by atoms with E-state index in [9.17, 15) is 9.18 Å². The SMILES string of the molecule is O=C1CC2(COCCN(c3ncnc4ccccc34)C2)CN1c1ccc(F)cc1. The van der Waals surface area contributed by atoms with Crippen LogP contribution in [-0.4, -0.2) is 48.7 Å². The lowest BCUT2D eigenvalue weighted by Gasteiger charge is -2.32. The van der Waals surface area contributed by atoms with Gasteiger partial charge in [-0.1, -0.05) is 12.1 Å². The van der Waals surface area contributed by atoms with Crippen molar-refractivity contribution in [1.29, 1.82) is 0 Å². The largest absolute Gasteiger partial charge is 0.379 e. The number of carbonyl (C=O) groups is 1. The molecule has 2 aromatic carbocycles. The average molecular weight is 392 g/mol. The van der Waals surface area contributed by atoms with Gasteiger partial charge in [0.05, 0.1) is 18.7 Å². The molecule has 2 fully saturated rings. The van der Waals surface area contributed by atoms with Crippen molar-refractivity contribution < 1.29 is 13.9 Å². The number of benzene rings is 2. The van der Waals surface area contributed by atoms with Crippen LogP contribution in [0.5, 0.6) is 0 Å². The van der Waals surface area contributed by atoms with Gasteiger partial charge in [0.2, 0.25) is 5.91 Å². The smallest absolute Gasteiger partial charge is 0.227 e. The number of hydrogen-bond donors (Lipinski definition) is 0. The van der Waals surface area contributed by atoms with Gasteiger partial charge in [-0.05, 0) is 36.4 Å². The first-order chi connectivity index (χ1) is 14.1. The van der Waals surface area contributed by atoms with Gasteiger partial charge in [-0.25, -0.2) is 14.4 Å². The molecule has 0 aliphatic carbocycles. The highest BCUT2D eigenvalue weighted by Gasteiger charge is 2.46. The fraction of sp³-hybridized carbons (Fsp3) is 0.318. The maximum absolute atomic E-state index is 13.3. The lowest BCUT2D eigenvalue weighted by atomic mass is 9.87. The predicted molar refractivity (Wildman–Crippen MR) is 108 cm³/mol. The van der Waals surface area contributed by atoms with E-state index in [1.807, 2.05) is 24.3 Å². The summed E-state index contributed by atoms with van der Waals surface area (Å²) in [6, 6.07) is 14.0. The highest BCUT2D eigenvalue weighted by molar-refractivity contribution is 5.96. The van der Waals surface area contributed by atoms with Crippen LogP contribution in [0.15, 0.2) is 54.9 Å². The molecule has 1 unspecified atom stereocenters. The third-order valence-electron chi connectivity index (χ3n) is 5.72. The van der Waals surface area contributed by atoms with Gasteiger partial charge < -0.3 is 14.5 Å². The van der Waals surface area contributed by atoms with Crippen LogP contribution in [0.4, 0.5) is 15.9 Å². The molecule has 1 amide bonds. The number of carbonyl (C=O) groups excluding carboxylic acids is 1. The Morgan fingerprint density at radius 1 is 1.03 bits per heavy atom. The first-order valence-corrected chi connectivity index (χ1v) is 9.72. The van der Waals surface area contributed by atoms with Crippen LogP contribution in [0.2, 0.25) is 0 Å². The summed E-state index contributed by atoms with van der Waals surface area (Å²) < 4.78 is 19.2. The predicted octanol–water partition coefficient (Wildman–Crippen LogP) is 3.03. The highest BCUT2D eigenvalue weighted by atomic mass is 19.1. The van der Waals surface area contributed by atoms with Crippen LogP contribution in [-0.2, 0) is 9.53 Å². The molecule has 1 aromatic heterocycles. The molecule has 5 rings (SSSR count). The van der Waals surface area contributed by atoms with E-state index >= 15 is 0 Å². The van der Waals surface area contributed by atoms with E-state index in [0.717, 1.165) is 22.4 Å². The van der Waals surface area contributed by atoms with Crippen molar-refractivity contribution in [2.75, 3.05) is 42.6 Å². The molecule has 1 atom stereocenters. The van der Waals surface area contributed by atoms with E-state index in [-0.39, 0.29) is 17.1 Å². The molecular formula is C22H21FN4O2. The van der Waals surface area contributed by atoms with Crippen molar-refractivity contribution in [3.8, 4) is 0 Å². The number of fused-ring (bicyclic) bond motifs is 1. The van der Waals surface area contributed by atoms with Gasteiger partial charge in [0.1, 0.15) is 18.0 Å². The van der Waals surface area contributed by atoms with Crippen LogP contribution >= 0.6 is 0 Å². The lowest BCUT2D eigenvalue weighted by molar-refractivity contribution is -0.118. The Labute approximate surface area is 167 Å². The molecule has 0 N–H and O–H groups in total. The maximum atomic E-state index is 13.3. The van der Waals surface area contributed by atoms with Crippen molar-refractivity contribution in [2.24, 2.45) is 5.41 Å². The van der Waals surface area contributed by atoms with Crippen molar-refractivity contribution in [1.82, 2.24) is 9.97 Å². The average Bonchev–Trinajstić information content (AvgIpc) is 2.92. The van der Waals surface area contributed by atoms with Gasteiger partial charge in [-0.15, -0.1) is 0 Å². The minimum atomic E-state index is -0.339. The topological polar surface area (TPSA) is 58.6 Å². The molecule has 7 heteroatoms. The minimum Gasteiger partial charge on any atom is -0.379 e. The van der Waals surface area contributed by atoms with E-state index < -0.39 is 0 Å². The first kappa shape index (κ1) is 18.0. The normalized spacial score (nSPS) is 22.4. The number of anilines is 2. The Kier molecular flexibility index (Phi) is 4.39. The number of hydrogen-bond acceptors (Lipinski definition) is 5. The summed E-state index contributed by atoms with van der Waals surface area (Å²) in [7, 11) is 0. The Morgan fingerprint density at radius 2 is 1.86 bits per heavy atom. The zero-order chi connectivity index (χ0) is 19.8. The molecule has 6 nitrogen and oxygen atoms in total. The zero-order valence-corrected chi connectivity index (χ0v) is 15.9. The van der Waals surface area contributed by atoms with E-state index in [2.05, 4.69) is 14.9 Å². The second-order valence-corrected chi connectivity index (χ2v) is 7.82. The van der Waals surface area contributed by atoms with E-state index in [1.54, 1.807) is 23.4 Å². The number of aromatic nitrogens is 2. The molecule has 2 saturated heterocycles. The zero-order valence-electron chi connectivity index (χ0n) is 15.9. The quantitative estimate of drug-likeness (QED) is 0.671. The molecular weight excluding hydrogens is 371 g/mol.